The van der Waals surface area contributed by atoms with Crippen molar-refractivity contribution in [3.8, 4) is 5.75 Å². The Balaban J connectivity index is 1.88. The van der Waals surface area contributed by atoms with E-state index in [9.17, 15) is 13.2 Å². The summed E-state index contributed by atoms with van der Waals surface area (Å²) >= 11 is 0. The number of hydrogen-bond donors (Lipinski definition) is 1. The molecule has 2 rings (SSSR count). The van der Waals surface area contributed by atoms with Gasteiger partial charge in [-0.1, -0.05) is 38.1 Å². The lowest BCUT2D eigenvalue weighted by molar-refractivity contribution is -0.121. The number of sulfonamides is 1. The molecule has 176 valence electrons. The maximum absolute atomic E-state index is 12.5. The van der Waals surface area contributed by atoms with Gasteiger partial charge in [0.2, 0.25) is 15.9 Å². The SMILES string of the molecule is CCc1cccc(CC)c1N(CCCC(=O)NCCOc1ccc(C)c(C)c1)S(C)(=O)=O. The Kier molecular flexibility index (Phi) is 9.57. The van der Waals surface area contributed by atoms with E-state index in [0.717, 1.165) is 41.0 Å². The molecule has 0 unspecified atom stereocenters. The van der Waals surface area contributed by atoms with Crippen molar-refractivity contribution in [3.05, 3.63) is 58.7 Å². The maximum atomic E-state index is 12.5. The Hall–Kier alpha value is -2.54. The molecule has 0 heterocycles. The zero-order valence-electron chi connectivity index (χ0n) is 19.9. The lowest BCUT2D eigenvalue weighted by Gasteiger charge is -2.27. The first-order chi connectivity index (χ1) is 15.2. The zero-order chi connectivity index (χ0) is 23.7. The Morgan fingerprint density at radius 3 is 2.25 bits per heavy atom. The molecule has 7 heteroatoms. The van der Waals surface area contributed by atoms with E-state index in [1.54, 1.807) is 0 Å². The number of benzene rings is 2. The first-order valence-electron chi connectivity index (χ1n) is 11.2. The predicted octanol–water partition coefficient (Wildman–Crippen LogP) is 4.17. The highest BCUT2D eigenvalue weighted by molar-refractivity contribution is 7.92. The summed E-state index contributed by atoms with van der Waals surface area (Å²) in [6.07, 6.45) is 3.42. The van der Waals surface area contributed by atoms with Crippen LogP contribution in [0.5, 0.6) is 5.75 Å². The van der Waals surface area contributed by atoms with Gasteiger partial charge in [0.1, 0.15) is 12.4 Å². The standard InChI is InChI=1S/C25H36N2O4S/c1-6-21-10-8-11-22(7-2)25(21)27(32(5,29)30)16-9-12-24(28)26-15-17-31-23-14-13-19(3)20(4)18-23/h8,10-11,13-14,18H,6-7,9,12,15-17H2,1-5H3,(H,26,28). The molecule has 0 radical (unpaired) electrons. The molecule has 32 heavy (non-hydrogen) atoms. The molecule has 0 atom stereocenters. The molecule has 0 spiro atoms. The van der Waals surface area contributed by atoms with Crippen LogP contribution >= 0.6 is 0 Å². The largest absolute Gasteiger partial charge is 0.492 e. The number of carbonyl (C=O) groups is 1. The van der Waals surface area contributed by atoms with Gasteiger partial charge in [-0.25, -0.2) is 8.42 Å². The summed E-state index contributed by atoms with van der Waals surface area (Å²) in [4.78, 5) is 12.2. The average molecular weight is 461 g/mol. The summed E-state index contributed by atoms with van der Waals surface area (Å²) in [7, 11) is -3.46. The lowest BCUT2D eigenvalue weighted by atomic mass is 10.0. The van der Waals surface area contributed by atoms with E-state index in [0.29, 0.717) is 19.6 Å². The number of nitrogens with one attached hydrogen (secondary N) is 1. The van der Waals surface area contributed by atoms with Crippen molar-refractivity contribution in [2.45, 2.75) is 53.4 Å². The smallest absolute Gasteiger partial charge is 0.232 e. The fourth-order valence-electron chi connectivity index (χ4n) is 3.61. The van der Waals surface area contributed by atoms with Crippen LogP contribution in [-0.2, 0) is 27.7 Å². The third-order valence-electron chi connectivity index (χ3n) is 5.55. The summed E-state index contributed by atoms with van der Waals surface area (Å²) < 4.78 is 32.2. The van der Waals surface area contributed by atoms with Crippen LogP contribution in [0.25, 0.3) is 0 Å². The van der Waals surface area contributed by atoms with Gasteiger partial charge < -0.3 is 10.1 Å². The Morgan fingerprint density at radius 2 is 1.69 bits per heavy atom. The predicted molar refractivity (Wildman–Crippen MR) is 131 cm³/mol. The summed E-state index contributed by atoms with van der Waals surface area (Å²) in [5, 5.41) is 2.84. The Labute approximate surface area is 193 Å². The molecule has 1 N–H and O–H groups in total. The number of carbonyl (C=O) groups excluding carboxylic acids is 1. The Morgan fingerprint density at radius 1 is 1.03 bits per heavy atom. The number of anilines is 1. The molecule has 6 nitrogen and oxygen atoms in total. The number of para-hydroxylation sites is 1. The van der Waals surface area contributed by atoms with Crippen LogP contribution in [-0.4, -0.2) is 40.3 Å². The fourth-order valence-corrected chi connectivity index (χ4v) is 4.64. The second-order valence-electron chi connectivity index (χ2n) is 8.02. The topological polar surface area (TPSA) is 75.7 Å². The van der Waals surface area contributed by atoms with Crippen LogP contribution in [0.3, 0.4) is 0 Å². The van der Waals surface area contributed by atoms with E-state index in [1.807, 2.05) is 64.1 Å². The highest BCUT2D eigenvalue weighted by Crippen LogP contribution is 2.29. The Bertz CT molecular complexity index is 996. The van der Waals surface area contributed by atoms with Crippen LogP contribution in [0, 0.1) is 13.8 Å². The number of ether oxygens (including phenoxy) is 1. The normalized spacial score (nSPS) is 11.3. The number of amides is 1. The summed E-state index contributed by atoms with van der Waals surface area (Å²) in [5.74, 6) is 0.675. The van der Waals surface area contributed by atoms with Crippen molar-refractivity contribution < 1.29 is 17.9 Å². The van der Waals surface area contributed by atoms with Crippen LogP contribution in [0.15, 0.2) is 36.4 Å². The first kappa shape index (κ1) is 25.7. The van der Waals surface area contributed by atoms with E-state index in [1.165, 1.54) is 16.1 Å². The minimum Gasteiger partial charge on any atom is -0.492 e. The van der Waals surface area contributed by atoms with E-state index in [-0.39, 0.29) is 18.9 Å². The van der Waals surface area contributed by atoms with Crippen molar-refractivity contribution in [3.63, 3.8) is 0 Å². The molecular formula is C25H36N2O4S. The minimum atomic E-state index is -3.46. The molecule has 0 aliphatic carbocycles. The minimum absolute atomic E-state index is 0.110. The molecule has 0 fully saturated rings. The van der Waals surface area contributed by atoms with Crippen molar-refractivity contribution in [2.24, 2.45) is 0 Å². The molecule has 0 aliphatic rings. The summed E-state index contributed by atoms with van der Waals surface area (Å²) in [5.41, 5.74) is 5.15. The molecule has 1 amide bonds. The van der Waals surface area contributed by atoms with Gasteiger partial charge in [-0.3, -0.25) is 9.10 Å². The zero-order valence-corrected chi connectivity index (χ0v) is 20.7. The van der Waals surface area contributed by atoms with Crippen molar-refractivity contribution >= 4 is 21.6 Å². The molecule has 0 aliphatic heterocycles. The highest BCUT2D eigenvalue weighted by Gasteiger charge is 2.22. The van der Waals surface area contributed by atoms with Crippen LogP contribution < -0.4 is 14.4 Å². The lowest BCUT2D eigenvalue weighted by Crippen LogP contribution is -2.34. The molecular weight excluding hydrogens is 424 g/mol. The van der Waals surface area contributed by atoms with Crippen LogP contribution in [0.4, 0.5) is 5.69 Å². The van der Waals surface area contributed by atoms with Gasteiger partial charge in [-0.05, 0) is 67.5 Å². The number of hydrogen-bond acceptors (Lipinski definition) is 4. The summed E-state index contributed by atoms with van der Waals surface area (Å²) in [6.45, 7) is 9.18. The molecule has 2 aromatic rings. The molecule has 2 aromatic carbocycles. The third-order valence-corrected chi connectivity index (χ3v) is 6.72. The fraction of sp³-hybridized carbons (Fsp3) is 0.480. The van der Waals surface area contributed by atoms with E-state index < -0.39 is 10.0 Å². The average Bonchev–Trinajstić information content (AvgIpc) is 2.75. The van der Waals surface area contributed by atoms with Crippen molar-refractivity contribution in [2.75, 3.05) is 30.3 Å². The van der Waals surface area contributed by atoms with Gasteiger partial charge >= 0.3 is 0 Å². The second-order valence-corrected chi connectivity index (χ2v) is 9.92. The van der Waals surface area contributed by atoms with E-state index in [2.05, 4.69) is 5.32 Å². The maximum Gasteiger partial charge on any atom is 0.232 e. The number of aryl methyl sites for hydroxylation is 4. The van der Waals surface area contributed by atoms with Crippen LogP contribution in [0.2, 0.25) is 0 Å². The number of nitrogens with zero attached hydrogens (tertiary/aromatic N) is 1. The van der Waals surface area contributed by atoms with E-state index in [4.69, 9.17) is 4.74 Å². The van der Waals surface area contributed by atoms with Gasteiger partial charge in [0.25, 0.3) is 0 Å². The van der Waals surface area contributed by atoms with Crippen molar-refractivity contribution in [1.29, 1.82) is 0 Å². The van der Waals surface area contributed by atoms with Gasteiger partial charge in [0.15, 0.2) is 0 Å². The van der Waals surface area contributed by atoms with E-state index >= 15 is 0 Å². The quantitative estimate of drug-likeness (QED) is 0.483. The van der Waals surface area contributed by atoms with Gasteiger partial charge in [0.05, 0.1) is 18.5 Å². The van der Waals surface area contributed by atoms with Gasteiger partial charge in [0, 0.05) is 13.0 Å². The first-order valence-corrected chi connectivity index (χ1v) is 13.1. The molecule has 0 aromatic heterocycles. The third kappa shape index (κ3) is 7.26. The van der Waals surface area contributed by atoms with Crippen LogP contribution in [0.1, 0.15) is 48.9 Å². The van der Waals surface area contributed by atoms with Crippen molar-refractivity contribution in [1.82, 2.24) is 5.32 Å². The second kappa shape index (κ2) is 11.9. The molecule has 0 saturated carbocycles. The molecule has 0 saturated heterocycles. The monoisotopic (exact) mass is 460 g/mol. The highest BCUT2D eigenvalue weighted by atomic mass is 32.2. The molecule has 0 bridgehead atoms. The summed E-state index contributed by atoms with van der Waals surface area (Å²) in [6, 6.07) is 11.8. The van der Waals surface area contributed by atoms with Gasteiger partial charge in [-0.2, -0.15) is 0 Å². The number of rotatable bonds is 12. The van der Waals surface area contributed by atoms with Gasteiger partial charge in [-0.15, -0.1) is 0 Å².